The van der Waals surface area contributed by atoms with Crippen LogP contribution in [-0.4, -0.2) is 42.7 Å². The van der Waals surface area contributed by atoms with Gasteiger partial charge in [-0.25, -0.2) is 0 Å². The first-order valence-corrected chi connectivity index (χ1v) is 4.56. The number of piperidine rings is 1. The predicted molar refractivity (Wildman–Crippen MR) is 42.5 cm³/mol. The van der Waals surface area contributed by atoms with Crippen LogP contribution in [0, 0.1) is 5.92 Å². The molecule has 2 rings (SSSR count). The first kappa shape index (κ1) is 9.76. The van der Waals surface area contributed by atoms with E-state index in [9.17, 15) is 18.0 Å². The van der Waals surface area contributed by atoms with Gasteiger partial charge in [-0.1, -0.05) is 0 Å². The van der Waals surface area contributed by atoms with E-state index in [2.05, 4.69) is 5.32 Å². The molecule has 6 heteroatoms. The summed E-state index contributed by atoms with van der Waals surface area (Å²) in [5.41, 5.74) is 0. The maximum Gasteiger partial charge on any atom is 0.471 e. The third-order valence-electron chi connectivity index (χ3n) is 2.76. The monoisotopic (exact) mass is 208 g/mol. The van der Waals surface area contributed by atoms with Crippen molar-refractivity contribution in [1.82, 2.24) is 10.2 Å². The van der Waals surface area contributed by atoms with E-state index >= 15 is 0 Å². The summed E-state index contributed by atoms with van der Waals surface area (Å²) >= 11 is 0. The Kier molecular flexibility index (Phi) is 2.17. The second-order valence-electron chi connectivity index (χ2n) is 3.91. The Labute approximate surface area is 79.3 Å². The lowest BCUT2D eigenvalue weighted by Gasteiger charge is -2.31. The number of nitrogens with zero attached hydrogens (tertiary/aromatic N) is 1. The van der Waals surface area contributed by atoms with E-state index < -0.39 is 12.1 Å². The number of halogens is 3. The number of carbonyl (C=O) groups excluding carboxylic acids is 1. The summed E-state index contributed by atoms with van der Waals surface area (Å²) in [6.45, 7) is 1.16. The Bertz CT molecular complexity index is 241. The number of likely N-dealkylation sites (tertiary alicyclic amines) is 1. The number of carbonyl (C=O) groups is 1. The van der Waals surface area contributed by atoms with Crippen molar-refractivity contribution in [3.05, 3.63) is 0 Å². The molecule has 1 amide bonds. The second-order valence-corrected chi connectivity index (χ2v) is 3.91. The van der Waals surface area contributed by atoms with Gasteiger partial charge in [0.2, 0.25) is 0 Å². The minimum absolute atomic E-state index is 0.0556. The Morgan fingerprint density at radius 2 is 2.07 bits per heavy atom. The quantitative estimate of drug-likeness (QED) is 0.623. The smallest absolute Gasteiger partial charge is 0.333 e. The molecular formula is C8H11F3N2O. The molecule has 0 spiro atoms. The fourth-order valence-corrected chi connectivity index (χ4v) is 2.18. The summed E-state index contributed by atoms with van der Waals surface area (Å²) in [6.07, 6.45) is -3.83. The Morgan fingerprint density at radius 1 is 1.36 bits per heavy atom. The topological polar surface area (TPSA) is 32.3 Å². The van der Waals surface area contributed by atoms with Crippen LogP contribution < -0.4 is 5.32 Å². The molecule has 2 heterocycles. The molecule has 3 nitrogen and oxygen atoms in total. The average Bonchev–Trinajstić information content (AvgIpc) is 2.42. The van der Waals surface area contributed by atoms with Crippen LogP contribution in [0.2, 0.25) is 0 Å². The number of fused-ring (bicyclic) bond motifs is 2. The fraction of sp³-hybridized carbons (Fsp3) is 0.875. The molecule has 2 aliphatic rings. The second kappa shape index (κ2) is 3.12. The van der Waals surface area contributed by atoms with Crippen molar-refractivity contribution in [3.63, 3.8) is 0 Å². The van der Waals surface area contributed by atoms with Gasteiger partial charge >= 0.3 is 12.1 Å². The first-order valence-electron chi connectivity index (χ1n) is 4.56. The van der Waals surface area contributed by atoms with Gasteiger partial charge in [-0.05, 0) is 12.3 Å². The summed E-state index contributed by atoms with van der Waals surface area (Å²) in [5.74, 6) is -1.50. The van der Waals surface area contributed by atoms with Crippen molar-refractivity contribution < 1.29 is 18.0 Å². The third-order valence-corrected chi connectivity index (χ3v) is 2.76. The van der Waals surface area contributed by atoms with Gasteiger partial charge in [0.05, 0.1) is 0 Å². The maximum absolute atomic E-state index is 12.1. The minimum atomic E-state index is -4.73. The number of hydrogen-bond donors (Lipinski definition) is 1. The summed E-state index contributed by atoms with van der Waals surface area (Å²) in [7, 11) is 0. The molecule has 1 N–H and O–H groups in total. The lowest BCUT2D eigenvalue weighted by molar-refractivity contribution is -0.186. The van der Waals surface area contributed by atoms with E-state index in [-0.39, 0.29) is 25.0 Å². The van der Waals surface area contributed by atoms with Gasteiger partial charge in [0.15, 0.2) is 0 Å². The number of amides is 1. The summed E-state index contributed by atoms with van der Waals surface area (Å²) < 4.78 is 36.3. The SMILES string of the molecule is O=C(N1C[C@H]2CN[C@H](C2)C1)C(F)(F)F. The Morgan fingerprint density at radius 3 is 2.64 bits per heavy atom. The normalized spacial score (nSPS) is 32.1. The van der Waals surface area contributed by atoms with Crippen molar-refractivity contribution in [2.24, 2.45) is 5.92 Å². The lowest BCUT2D eigenvalue weighted by atomic mass is 10.00. The lowest BCUT2D eigenvalue weighted by Crippen LogP contribution is -2.49. The zero-order chi connectivity index (χ0) is 10.3. The number of hydrogen-bond acceptors (Lipinski definition) is 2. The highest BCUT2D eigenvalue weighted by Crippen LogP contribution is 2.26. The highest BCUT2D eigenvalue weighted by Gasteiger charge is 2.46. The van der Waals surface area contributed by atoms with Gasteiger partial charge in [-0.3, -0.25) is 4.79 Å². The molecule has 2 aliphatic heterocycles. The number of alkyl halides is 3. The number of nitrogens with one attached hydrogen (secondary N) is 1. The van der Waals surface area contributed by atoms with Crippen molar-refractivity contribution >= 4 is 5.91 Å². The molecule has 0 aromatic rings. The van der Waals surface area contributed by atoms with Crippen LogP contribution >= 0.6 is 0 Å². The van der Waals surface area contributed by atoms with Crippen LogP contribution in [0.25, 0.3) is 0 Å². The van der Waals surface area contributed by atoms with Gasteiger partial charge in [0, 0.05) is 25.7 Å². The molecule has 0 aromatic heterocycles. The Balaban J connectivity index is 2.03. The summed E-state index contributed by atoms with van der Waals surface area (Å²) in [4.78, 5) is 11.8. The largest absolute Gasteiger partial charge is 0.471 e. The zero-order valence-electron chi connectivity index (χ0n) is 7.47. The van der Waals surface area contributed by atoms with Crippen molar-refractivity contribution in [2.45, 2.75) is 18.6 Å². The van der Waals surface area contributed by atoms with Crippen molar-refractivity contribution in [2.75, 3.05) is 19.6 Å². The molecule has 2 atom stereocenters. The third kappa shape index (κ3) is 1.70. The average molecular weight is 208 g/mol. The first-order chi connectivity index (χ1) is 6.47. The van der Waals surface area contributed by atoms with E-state index in [4.69, 9.17) is 0 Å². The molecule has 0 aliphatic carbocycles. The molecule has 2 bridgehead atoms. The molecule has 80 valence electrons. The van der Waals surface area contributed by atoms with E-state index in [1.54, 1.807) is 0 Å². The fourth-order valence-electron chi connectivity index (χ4n) is 2.18. The van der Waals surface area contributed by atoms with Crippen LogP contribution in [0.15, 0.2) is 0 Å². The molecule has 2 saturated heterocycles. The van der Waals surface area contributed by atoms with Crippen molar-refractivity contribution in [3.8, 4) is 0 Å². The van der Waals surface area contributed by atoms with E-state index in [0.29, 0.717) is 0 Å². The minimum Gasteiger partial charge on any atom is -0.333 e. The molecule has 0 aromatic carbocycles. The van der Waals surface area contributed by atoms with Crippen LogP contribution in [0.5, 0.6) is 0 Å². The van der Waals surface area contributed by atoms with Crippen LogP contribution in [-0.2, 0) is 4.79 Å². The molecule has 0 radical (unpaired) electrons. The van der Waals surface area contributed by atoms with Crippen LogP contribution in [0.3, 0.4) is 0 Å². The maximum atomic E-state index is 12.1. The molecule has 0 saturated carbocycles. The van der Waals surface area contributed by atoms with Crippen molar-refractivity contribution in [1.29, 1.82) is 0 Å². The summed E-state index contributed by atoms with van der Waals surface area (Å²) in [6, 6.07) is 0.0556. The molecular weight excluding hydrogens is 197 g/mol. The van der Waals surface area contributed by atoms with Crippen LogP contribution in [0.1, 0.15) is 6.42 Å². The van der Waals surface area contributed by atoms with Gasteiger partial charge in [0.1, 0.15) is 0 Å². The highest BCUT2D eigenvalue weighted by atomic mass is 19.4. The van der Waals surface area contributed by atoms with E-state index in [1.807, 2.05) is 0 Å². The van der Waals surface area contributed by atoms with Gasteiger partial charge in [0.25, 0.3) is 0 Å². The van der Waals surface area contributed by atoms with Crippen LogP contribution in [0.4, 0.5) is 13.2 Å². The molecule has 14 heavy (non-hydrogen) atoms. The van der Waals surface area contributed by atoms with Gasteiger partial charge in [-0.2, -0.15) is 13.2 Å². The summed E-state index contributed by atoms with van der Waals surface area (Å²) in [5, 5.41) is 3.09. The number of rotatable bonds is 0. The van der Waals surface area contributed by atoms with Gasteiger partial charge in [-0.15, -0.1) is 0 Å². The predicted octanol–water partition coefficient (Wildman–Crippen LogP) is 0.369. The highest BCUT2D eigenvalue weighted by molar-refractivity contribution is 5.82. The standard InChI is InChI=1S/C8H11F3N2O/c9-8(10,11)7(14)13-3-5-1-6(4-13)12-2-5/h5-6,12H,1-4H2/t5-,6-/m1/s1. The zero-order valence-corrected chi connectivity index (χ0v) is 7.47. The molecule has 0 unspecified atom stereocenters. The van der Waals surface area contributed by atoms with E-state index in [0.717, 1.165) is 17.9 Å². The van der Waals surface area contributed by atoms with Gasteiger partial charge < -0.3 is 10.2 Å². The Hall–Kier alpha value is -0.780. The van der Waals surface area contributed by atoms with E-state index in [1.165, 1.54) is 0 Å². The molecule has 2 fully saturated rings.